The van der Waals surface area contributed by atoms with E-state index in [-0.39, 0.29) is 17.1 Å². The lowest BCUT2D eigenvalue weighted by Crippen LogP contribution is -2.40. The van der Waals surface area contributed by atoms with E-state index < -0.39 is 15.9 Å². The second kappa shape index (κ2) is 8.18. The lowest BCUT2D eigenvalue weighted by atomic mass is 10.1. The van der Waals surface area contributed by atoms with Gasteiger partial charge in [-0.2, -0.15) is 4.31 Å². The molecule has 0 aliphatic carbocycles. The number of rotatable bonds is 5. The molecule has 7 nitrogen and oxygen atoms in total. The quantitative estimate of drug-likeness (QED) is 0.811. The molecular formula is C19H22N2O5S. The molecule has 0 saturated carbocycles. The molecule has 1 fully saturated rings. The maximum absolute atomic E-state index is 12.9. The standard InChI is InChI=1S/C19H22N2O5S/c1-14-5-6-16(19(23)20-17-4-2-3-15(11-17)13-22)12-18(14)27(24,25)21-7-9-26-10-8-21/h2-6,11-12,22H,7-10,13H2,1H3,(H,20,23). The molecule has 2 aromatic carbocycles. The molecule has 0 unspecified atom stereocenters. The Labute approximate surface area is 158 Å². The van der Waals surface area contributed by atoms with Gasteiger partial charge in [0.05, 0.1) is 24.7 Å². The second-order valence-electron chi connectivity index (χ2n) is 6.31. The fraction of sp³-hybridized carbons (Fsp3) is 0.316. The summed E-state index contributed by atoms with van der Waals surface area (Å²) in [6, 6.07) is 11.5. The van der Waals surface area contributed by atoms with E-state index in [1.165, 1.54) is 10.4 Å². The number of carbonyl (C=O) groups is 1. The Morgan fingerprint density at radius 2 is 1.93 bits per heavy atom. The minimum atomic E-state index is -3.69. The summed E-state index contributed by atoms with van der Waals surface area (Å²) in [5.41, 5.74) is 2.04. The van der Waals surface area contributed by atoms with E-state index in [0.717, 1.165) is 0 Å². The molecule has 1 aliphatic heterocycles. The number of carbonyl (C=O) groups excluding carboxylic acids is 1. The Kier molecular flexibility index (Phi) is 5.91. The minimum absolute atomic E-state index is 0.126. The minimum Gasteiger partial charge on any atom is -0.392 e. The first-order chi connectivity index (χ1) is 12.9. The molecule has 2 aromatic rings. The van der Waals surface area contributed by atoms with Gasteiger partial charge in [0.15, 0.2) is 0 Å². The molecule has 0 aromatic heterocycles. The van der Waals surface area contributed by atoms with Gasteiger partial charge in [-0.15, -0.1) is 0 Å². The summed E-state index contributed by atoms with van der Waals surface area (Å²) in [5.74, 6) is -0.413. The number of aryl methyl sites for hydroxylation is 1. The van der Waals surface area contributed by atoms with Crippen molar-refractivity contribution in [3.8, 4) is 0 Å². The number of benzene rings is 2. The average Bonchev–Trinajstić information content (AvgIpc) is 2.69. The van der Waals surface area contributed by atoms with Gasteiger partial charge in [-0.05, 0) is 42.3 Å². The highest BCUT2D eigenvalue weighted by molar-refractivity contribution is 7.89. The van der Waals surface area contributed by atoms with E-state index in [0.29, 0.717) is 43.1 Å². The van der Waals surface area contributed by atoms with Crippen molar-refractivity contribution in [3.05, 3.63) is 59.2 Å². The molecule has 8 heteroatoms. The van der Waals surface area contributed by atoms with E-state index >= 15 is 0 Å². The summed E-state index contributed by atoms with van der Waals surface area (Å²) in [4.78, 5) is 12.7. The number of aliphatic hydroxyl groups excluding tert-OH is 1. The molecule has 3 rings (SSSR count). The number of ether oxygens (including phenoxy) is 1. The van der Waals surface area contributed by atoms with Crippen molar-refractivity contribution >= 4 is 21.6 Å². The van der Waals surface area contributed by atoms with Gasteiger partial charge in [0.1, 0.15) is 0 Å². The van der Waals surface area contributed by atoms with Gasteiger partial charge >= 0.3 is 0 Å². The summed E-state index contributed by atoms with van der Waals surface area (Å²) in [7, 11) is -3.69. The normalized spacial score (nSPS) is 15.5. The van der Waals surface area contributed by atoms with Crippen LogP contribution in [0.25, 0.3) is 0 Å². The smallest absolute Gasteiger partial charge is 0.255 e. The highest BCUT2D eigenvalue weighted by Crippen LogP contribution is 2.23. The lowest BCUT2D eigenvalue weighted by Gasteiger charge is -2.26. The van der Waals surface area contributed by atoms with Gasteiger partial charge in [-0.3, -0.25) is 4.79 Å². The number of nitrogens with one attached hydrogen (secondary N) is 1. The van der Waals surface area contributed by atoms with E-state index in [1.807, 2.05) is 0 Å². The fourth-order valence-electron chi connectivity index (χ4n) is 2.90. The van der Waals surface area contributed by atoms with Crippen molar-refractivity contribution in [2.75, 3.05) is 31.6 Å². The number of anilines is 1. The van der Waals surface area contributed by atoms with Crippen LogP contribution in [0.5, 0.6) is 0 Å². The molecule has 0 bridgehead atoms. The van der Waals surface area contributed by atoms with Gasteiger partial charge in [0.2, 0.25) is 10.0 Å². The first-order valence-corrected chi connectivity index (χ1v) is 10.1. The number of nitrogens with zero attached hydrogens (tertiary/aromatic N) is 1. The van der Waals surface area contributed by atoms with Gasteiger partial charge in [-0.25, -0.2) is 8.42 Å². The third-order valence-electron chi connectivity index (χ3n) is 4.41. The SMILES string of the molecule is Cc1ccc(C(=O)Nc2cccc(CO)c2)cc1S(=O)(=O)N1CCOCC1. The number of amides is 1. The van der Waals surface area contributed by atoms with Crippen LogP contribution in [0.4, 0.5) is 5.69 Å². The van der Waals surface area contributed by atoms with Crippen LogP contribution in [0.3, 0.4) is 0 Å². The van der Waals surface area contributed by atoms with Crippen molar-refractivity contribution < 1.29 is 23.1 Å². The zero-order valence-electron chi connectivity index (χ0n) is 15.0. The molecular weight excluding hydrogens is 368 g/mol. The van der Waals surface area contributed by atoms with Crippen LogP contribution >= 0.6 is 0 Å². The molecule has 2 N–H and O–H groups in total. The van der Waals surface area contributed by atoms with Gasteiger partial charge < -0.3 is 15.2 Å². The molecule has 1 saturated heterocycles. The van der Waals surface area contributed by atoms with Crippen LogP contribution < -0.4 is 5.32 Å². The second-order valence-corrected chi connectivity index (χ2v) is 8.22. The topological polar surface area (TPSA) is 95.9 Å². The van der Waals surface area contributed by atoms with Crippen molar-refractivity contribution in [1.29, 1.82) is 0 Å². The highest BCUT2D eigenvalue weighted by atomic mass is 32.2. The monoisotopic (exact) mass is 390 g/mol. The van der Waals surface area contributed by atoms with Crippen LogP contribution in [0.1, 0.15) is 21.5 Å². The van der Waals surface area contributed by atoms with Crippen LogP contribution in [-0.2, 0) is 21.4 Å². The zero-order valence-corrected chi connectivity index (χ0v) is 15.8. The average molecular weight is 390 g/mol. The molecule has 144 valence electrons. The van der Waals surface area contributed by atoms with Crippen molar-refractivity contribution in [2.45, 2.75) is 18.4 Å². The maximum Gasteiger partial charge on any atom is 0.255 e. The van der Waals surface area contributed by atoms with Crippen LogP contribution in [-0.4, -0.2) is 50.0 Å². The Hall–Kier alpha value is -2.26. The predicted molar refractivity (Wildman–Crippen MR) is 101 cm³/mol. The lowest BCUT2D eigenvalue weighted by molar-refractivity contribution is 0.0730. The molecule has 0 spiro atoms. The van der Waals surface area contributed by atoms with Crippen LogP contribution in [0, 0.1) is 6.92 Å². The molecule has 1 aliphatic rings. The molecule has 1 heterocycles. The largest absolute Gasteiger partial charge is 0.392 e. The summed E-state index contributed by atoms with van der Waals surface area (Å²) >= 11 is 0. The first-order valence-electron chi connectivity index (χ1n) is 8.61. The van der Waals surface area contributed by atoms with Gasteiger partial charge in [-0.1, -0.05) is 18.2 Å². The Morgan fingerprint density at radius 3 is 2.63 bits per heavy atom. The van der Waals surface area contributed by atoms with E-state index in [2.05, 4.69) is 5.32 Å². The predicted octanol–water partition coefficient (Wildman–Crippen LogP) is 1.76. The van der Waals surface area contributed by atoms with Gasteiger partial charge in [0.25, 0.3) is 5.91 Å². The molecule has 0 atom stereocenters. The van der Waals surface area contributed by atoms with Crippen molar-refractivity contribution in [2.24, 2.45) is 0 Å². The molecule has 1 amide bonds. The molecule has 27 heavy (non-hydrogen) atoms. The van der Waals surface area contributed by atoms with Gasteiger partial charge in [0, 0.05) is 24.3 Å². The number of morpholine rings is 1. The zero-order chi connectivity index (χ0) is 19.4. The Balaban J connectivity index is 1.87. The Bertz CT molecular complexity index is 937. The number of aliphatic hydroxyl groups is 1. The van der Waals surface area contributed by atoms with Crippen molar-refractivity contribution in [1.82, 2.24) is 4.31 Å². The molecule has 0 radical (unpaired) electrons. The Morgan fingerprint density at radius 1 is 1.19 bits per heavy atom. The summed E-state index contributed by atoms with van der Waals surface area (Å²) < 4.78 is 32.5. The number of hydrogen-bond acceptors (Lipinski definition) is 5. The van der Waals surface area contributed by atoms with E-state index in [4.69, 9.17) is 4.74 Å². The highest BCUT2D eigenvalue weighted by Gasteiger charge is 2.28. The maximum atomic E-state index is 12.9. The first kappa shape index (κ1) is 19.5. The van der Waals surface area contributed by atoms with Crippen LogP contribution in [0.15, 0.2) is 47.4 Å². The summed E-state index contributed by atoms with van der Waals surface area (Å²) in [5, 5.41) is 11.9. The van der Waals surface area contributed by atoms with Crippen LogP contribution in [0.2, 0.25) is 0 Å². The van der Waals surface area contributed by atoms with E-state index in [1.54, 1.807) is 43.3 Å². The van der Waals surface area contributed by atoms with E-state index in [9.17, 15) is 18.3 Å². The summed E-state index contributed by atoms with van der Waals surface area (Å²) in [6.45, 7) is 2.90. The van der Waals surface area contributed by atoms with Crippen molar-refractivity contribution in [3.63, 3.8) is 0 Å². The number of sulfonamides is 1. The third-order valence-corrected chi connectivity index (χ3v) is 6.45. The fourth-order valence-corrected chi connectivity index (χ4v) is 4.55. The number of hydrogen-bond donors (Lipinski definition) is 2. The summed E-state index contributed by atoms with van der Waals surface area (Å²) in [6.07, 6.45) is 0. The third kappa shape index (κ3) is 4.36.